The fourth-order valence-electron chi connectivity index (χ4n) is 4.13. The van der Waals surface area contributed by atoms with Gasteiger partial charge in [-0.05, 0) is 60.6 Å². The van der Waals surface area contributed by atoms with Crippen LogP contribution < -0.4 is 18.9 Å². The van der Waals surface area contributed by atoms with Crippen LogP contribution in [0.5, 0.6) is 34.5 Å². The third kappa shape index (κ3) is 6.87. The molecule has 0 unspecified atom stereocenters. The summed E-state index contributed by atoms with van der Waals surface area (Å²) in [7, 11) is 8.30. The zero-order valence-electron chi connectivity index (χ0n) is 21.5. The Bertz CT molecular complexity index is 999. The Morgan fingerprint density at radius 2 is 1.11 bits per heavy atom. The molecule has 0 amide bonds. The van der Waals surface area contributed by atoms with Gasteiger partial charge in [-0.1, -0.05) is 0 Å². The van der Waals surface area contributed by atoms with Gasteiger partial charge in [0.15, 0.2) is 23.0 Å². The predicted octanol–water partition coefficient (Wildman–Crippen LogP) is 3.28. The molecule has 0 fully saturated rings. The normalized spacial score (nSPS) is 12.3. The van der Waals surface area contributed by atoms with Crippen LogP contribution in [-0.4, -0.2) is 64.8 Å². The third-order valence-corrected chi connectivity index (χ3v) is 6.05. The smallest absolute Gasteiger partial charge is 0.309 e. The summed E-state index contributed by atoms with van der Waals surface area (Å²) in [5, 5.41) is 20.5. The monoisotopic (exact) mass is 506 g/mol. The summed E-state index contributed by atoms with van der Waals surface area (Å²) in [6.07, 6.45) is 0.974. The molecule has 36 heavy (non-hydrogen) atoms. The molecule has 0 aliphatic rings. The summed E-state index contributed by atoms with van der Waals surface area (Å²) < 4.78 is 31.0. The molecule has 2 rings (SSSR count). The number of methoxy groups -OCH3 is 6. The average molecular weight is 507 g/mol. The average Bonchev–Trinajstić information content (AvgIpc) is 2.90. The topological polar surface area (TPSA) is 130 Å². The van der Waals surface area contributed by atoms with E-state index in [9.17, 15) is 19.8 Å². The van der Waals surface area contributed by atoms with E-state index < -0.39 is 17.9 Å². The van der Waals surface area contributed by atoms with Crippen LogP contribution in [0.15, 0.2) is 24.3 Å². The van der Waals surface area contributed by atoms with Crippen molar-refractivity contribution in [3.63, 3.8) is 0 Å². The molecule has 10 heteroatoms. The van der Waals surface area contributed by atoms with Crippen LogP contribution in [0.1, 0.15) is 24.0 Å². The van der Waals surface area contributed by atoms with Gasteiger partial charge < -0.3 is 38.6 Å². The van der Waals surface area contributed by atoms with Crippen LogP contribution in [0, 0.1) is 11.8 Å². The summed E-state index contributed by atoms with van der Waals surface area (Å²) in [6, 6.07) is 6.56. The van der Waals surface area contributed by atoms with Crippen molar-refractivity contribution in [2.24, 2.45) is 11.8 Å². The van der Waals surface area contributed by atoms with Crippen LogP contribution in [-0.2, 0) is 31.9 Å². The molecule has 10 nitrogen and oxygen atoms in total. The van der Waals surface area contributed by atoms with Crippen molar-refractivity contribution in [3.8, 4) is 34.5 Å². The minimum atomic E-state index is -0.676. The fourth-order valence-corrected chi connectivity index (χ4v) is 4.13. The minimum Gasteiger partial charge on any atom is -0.502 e. The minimum absolute atomic E-state index is 0.0865. The number of phenols is 2. The molecule has 2 aromatic carbocycles. The maximum atomic E-state index is 13.0. The van der Waals surface area contributed by atoms with E-state index in [1.807, 2.05) is 0 Å². The van der Waals surface area contributed by atoms with E-state index in [1.165, 1.54) is 42.7 Å². The van der Waals surface area contributed by atoms with Crippen LogP contribution in [0.4, 0.5) is 0 Å². The Balaban J connectivity index is 2.51. The van der Waals surface area contributed by atoms with Gasteiger partial charge in [-0.3, -0.25) is 9.59 Å². The summed E-state index contributed by atoms with van der Waals surface area (Å²) >= 11 is 0. The highest BCUT2D eigenvalue weighted by molar-refractivity contribution is 5.74. The SMILES string of the molecule is COC(=O)CC[C@@H](Cc1cc(OC)c(O)c(OC)c1)[C@H](Cc1cc(OC)c(O)c(OC)c1)C(=O)OC. The molecule has 0 aromatic heterocycles. The van der Waals surface area contributed by atoms with Gasteiger partial charge in [-0.15, -0.1) is 0 Å². The molecule has 0 saturated heterocycles. The first-order valence-electron chi connectivity index (χ1n) is 11.2. The largest absolute Gasteiger partial charge is 0.502 e. The van der Waals surface area contributed by atoms with Crippen molar-refractivity contribution in [2.75, 3.05) is 42.7 Å². The summed E-state index contributed by atoms with van der Waals surface area (Å²) in [5.74, 6) is -1.36. The van der Waals surface area contributed by atoms with Crippen LogP contribution >= 0.6 is 0 Å². The molecule has 0 saturated carbocycles. The highest BCUT2D eigenvalue weighted by Crippen LogP contribution is 2.40. The molecule has 2 atom stereocenters. The number of aromatic hydroxyl groups is 2. The van der Waals surface area contributed by atoms with E-state index in [2.05, 4.69) is 0 Å². The Hall–Kier alpha value is -3.82. The highest BCUT2D eigenvalue weighted by atomic mass is 16.5. The second kappa shape index (κ2) is 13.3. The van der Waals surface area contributed by atoms with Gasteiger partial charge in [0, 0.05) is 6.42 Å². The first-order valence-corrected chi connectivity index (χ1v) is 11.2. The molecule has 0 radical (unpaired) electrons. The Morgan fingerprint density at radius 3 is 1.47 bits per heavy atom. The van der Waals surface area contributed by atoms with Crippen molar-refractivity contribution in [2.45, 2.75) is 25.7 Å². The van der Waals surface area contributed by atoms with Crippen LogP contribution in [0.3, 0.4) is 0 Å². The summed E-state index contributed by atoms with van der Waals surface area (Å²) in [5.41, 5.74) is 1.40. The zero-order chi connectivity index (χ0) is 26.8. The van der Waals surface area contributed by atoms with Crippen molar-refractivity contribution in [1.29, 1.82) is 0 Å². The first kappa shape index (κ1) is 28.4. The first-order chi connectivity index (χ1) is 17.2. The molecule has 198 valence electrons. The number of carbonyl (C=O) groups excluding carboxylic acids is 2. The van der Waals surface area contributed by atoms with E-state index >= 15 is 0 Å². The van der Waals surface area contributed by atoms with Gasteiger partial charge in [-0.25, -0.2) is 0 Å². The van der Waals surface area contributed by atoms with Crippen molar-refractivity contribution in [3.05, 3.63) is 35.4 Å². The number of esters is 2. The summed E-state index contributed by atoms with van der Waals surface area (Å²) in [6.45, 7) is 0. The van der Waals surface area contributed by atoms with Gasteiger partial charge in [0.25, 0.3) is 0 Å². The fraction of sp³-hybridized carbons (Fsp3) is 0.462. The lowest BCUT2D eigenvalue weighted by molar-refractivity contribution is -0.148. The van der Waals surface area contributed by atoms with E-state index in [0.717, 1.165) is 5.56 Å². The van der Waals surface area contributed by atoms with E-state index in [0.29, 0.717) is 18.4 Å². The lowest BCUT2D eigenvalue weighted by Crippen LogP contribution is -2.29. The third-order valence-electron chi connectivity index (χ3n) is 6.05. The van der Waals surface area contributed by atoms with Gasteiger partial charge >= 0.3 is 11.9 Å². The Kier molecular flexibility index (Phi) is 10.5. The standard InChI is InChI=1S/C26H34O10/c1-31-19-11-15(12-20(32-2)24(19)28)9-17(7-8-23(27)35-5)18(26(30)36-6)10-16-13-21(33-3)25(29)22(14-16)34-4/h11-14,17-18,28-29H,7-10H2,1-6H3/t17-,18-/m0/s1. The van der Waals surface area contributed by atoms with E-state index in [-0.39, 0.29) is 53.3 Å². The van der Waals surface area contributed by atoms with Crippen LogP contribution in [0.2, 0.25) is 0 Å². The van der Waals surface area contributed by atoms with Gasteiger partial charge in [0.2, 0.25) is 11.5 Å². The molecular weight excluding hydrogens is 472 g/mol. The molecular formula is C26H34O10. The molecule has 0 spiro atoms. The lowest BCUT2D eigenvalue weighted by atomic mass is 9.80. The second-order valence-electron chi connectivity index (χ2n) is 8.11. The maximum Gasteiger partial charge on any atom is 0.309 e. The number of rotatable bonds is 13. The lowest BCUT2D eigenvalue weighted by Gasteiger charge is -2.26. The molecule has 0 aliphatic carbocycles. The van der Waals surface area contributed by atoms with Gasteiger partial charge in [0.1, 0.15) is 0 Å². The maximum absolute atomic E-state index is 13.0. The number of ether oxygens (including phenoxy) is 6. The van der Waals surface area contributed by atoms with Crippen LogP contribution in [0.25, 0.3) is 0 Å². The van der Waals surface area contributed by atoms with Gasteiger partial charge in [0.05, 0.1) is 48.6 Å². The quantitative estimate of drug-likeness (QED) is 0.390. The van der Waals surface area contributed by atoms with Crippen molar-refractivity contribution < 1.29 is 48.2 Å². The number of hydrogen-bond donors (Lipinski definition) is 2. The molecule has 0 aliphatic heterocycles. The number of benzene rings is 2. The highest BCUT2D eigenvalue weighted by Gasteiger charge is 2.31. The second-order valence-corrected chi connectivity index (χ2v) is 8.11. The molecule has 0 heterocycles. The molecule has 2 N–H and O–H groups in total. The predicted molar refractivity (Wildman–Crippen MR) is 130 cm³/mol. The molecule has 2 aromatic rings. The van der Waals surface area contributed by atoms with Crippen molar-refractivity contribution in [1.82, 2.24) is 0 Å². The Morgan fingerprint density at radius 1 is 0.694 bits per heavy atom. The zero-order valence-corrected chi connectivity index (χ0v) is 21.5. The van der Waals surface area contributed by atoms with E-state index in [1.54, 1.807) is 24.3 Å². The Labute approximate surface area is 210 Å². The van der Waals surface area contributed by atoms with Crippen molar-refractivity contribution >= 4 is 11.9 Å². The number of carbonyl (C=O) groups is 2. The summed E-state index contributed by atoms with van der Waals surface area (Å²) in [4.78, 5) is 25.0. The molecule has 0 bridgehead atoms. The van der Waals surface area contributed by atoms with E-state index in [4.69, 9.17) is 28.4 Å². The number of hydrogen-bond acceptors (Lipinski definition) is 10. The van der Waals surface area contributed by atoms with Gasteiger partial charge in [-0.2, -0.15) is 0 Å². The number of phenolic OH excluding ortho intramolecular Hbond substituents is 2.